The van der Waals surface area contributed by atoms with Gasteiger partial charge in [-0.3, -0.25) is 0 Å². The van der Waals surface area contributed by atoms with Crippen molar-refractivity contribution >= 4 is 18.2 Å². The Morgan fingerprint density at radius 3 is 2.85 bits per heavy atom. The Hall–Kier alpha value is -2.43. The molecule has 0 aliphatic carbocycles. The normalized spacial score (nSPS) is 21.9. The number of aliphatic hydroxyl groups excluding tert-OH is 1. The van der Waals surface area contributed by atoms with Crippen LogP contribution in [-0.2, 0) is 16.2 Å². The molecule has 1 aliphatic rings. The van der Waals surface area contributed by atoms with Crippen LogP contribution in [0, 0.1) is 4.84 Å². The molecule has 0 bridgehead atoms. The molecule has 0 radical (unpaired) electrons. The summed E-state index contributed by atoms with van der Waals surface area (Å²) >= 11 is 5.27. The Bertz CT molecular complexity index is 880. The largest absolute Gasteiger partial charge is 0.497 e. The predicted molar refractivity (Wildman–Crippen MR) is 96.1 cm³/mol. The standard InChI is InChI=1S/C17H21N3O6S/c1-23-11-4-5-12(14(7-11)24-2)15-18-20(17(27)26-15)9-19-8-10(21)6-13(19)16(22)25-3/h4-5,7,10,13,21H,6,8-9H2,1-3H3/p+1/t10-,13+/m1/s1. The minimum atomic E-state index is -0.577. The maximum atomic E-state index is 12.0. The summed E-state index contributed by atoms with van der Waals surface area (Å²) in [7, 11) is 4.45. The summed E-state index contributed by atoms with van der Waals surface area (Å²) in [6.45, 7) is 0.674. The molecule has 3 atom stereocenters. The Morgan fingerprint density at radius 1 is 1.41 bits per heavy atom. The molecule has 1 fully saturated rings. The Kier molecular flexibility index (Phi) is 5.78. The fourth-order valence-corrected chi connectivity index (χ4v) is 3.41. The fourth-order valence-electron chi connectivity index (χ4n) is 3.23. The van der Waals surface area contributed by atoms with Crippen LogP contribution >= 0.6 is 12.2 Å². The number of hydrogen-bond donors (Lipinski definition) is 2. The summed E-state index contributed by atoms with van der Waals surface area (Å²) < 4.78 is 22.5. The van der Waals surface area contributed by atoms with E-state index in [4.69, 9.17) is 30.8 Å². The highest BCUT2D eigenvalue weighted by atomic mass is 32.1. The molecule has 1 aromatic heterocycles. The molecule has 146 valence electrons. The van der Waals surface area contributed by atoms with Crippen LogP contribution in [0.5, 0.6) is 11.5 Å². The number of methoxy groups -OCH3 is 3. The lowest BCUT2D eigenvalue weighted by molar-refractivity contribution is -0.928. The number of nitrogens with one attached hydrogen (secondary N) is 1. The quantitative estimate of drug-likeness (QED) is 0.522. The number of hydrogen-bond acceptors (Lipinski definition) is 8. The Balaban J connectivity index is 1.87. The van der Waals surface area contributed by atoms with Crippen LogP contribution in [0.4, 0.5) is 0 Å². The minimum absolute atomic E-state index is 0.167. The molecule has 27 heavy (non-hydrogen) atoms. The van der Waals surface area contributed by atoms with E-state index in [2.05, 4.69) is 5.10 Å². The SMILES string of the molecule is COC(=O)[C@@H]1C[C@@H](O)C[NH+]1Cn1nc(-c2ccc(OC)cc2OC)oc1=S. The summed E-state index contributed by atoms with van der Waals surface area (Å²) in [5.41, 5.74) is 0.629. The molecule has 2 heterocycles. The third-order valence-electron chi connectivity index (χ3n) is 4.58. The molecule has 10 heteroatoms. The van der Waals surface area contributed by atoms with Crippen LogP contribution in [0.1, 0.15) is 6.42 Å². The van der Waals surface area contributed by atoms with Gasteiger partial charge in [-0.05, 0) is 24.4 Å². The van der Waals surface area contributed by atoms with Crippen LogP contribution in [0.2, 0.25) is 0 Å². The van der Waals surface area contributed by atoms with Crippen LogP contribution < -0.4 is 14.4 Å². The number of benzene rings is 1. The molecule has 2 aromatic rings. The molecule has 9 nitrogen and oxygen atoms in total. The lowest BCUT2D eigenvalue weighted by atomic mass is 10.2. The van der Waals surface area contributed by atoms with Crippen molar-refractivity contribution in [2.45, 2.75) is 25.2 Å². The van der Waals surface area contributed by atoms with Crippen LogP contribution in [0.3, 0.4) is 0 Å². The molecule has 1 aliphatic heterocycles. The minimum Gasteiger partial charge on any atom is -0.497 e. The summed E-state index contributed by atoms with van der Waals surface area (Å²) in [4.78, 5) is 12.9. The van der Waals surface area contributed by atoms with Crippen molar-refractivity contribution in [1.29, 1.82) is 0 Å². The first-order chi connectivity index (χ1) is 13.0. The second-order valence-corrected chi connectivity index (χ2v) is 6.57. The van der Waals surface area contributed by atoms with Gasteiger partial charge in [0.25, 0.3) is 10.7 Å². The summed E-state index contributed by atoms with van der Waals surface area (Å²) in [5.74, 6) is 1.11. The van der Waals surface area contributed by atoms with E-state index in [-0.39, 0.29) is 17.5 Å². The molecular formula is C17H22N3O6S+. The zero-order valence-electron chi connectivity index (χ0n) is 15.3. The smallest absolute Gasteiger partial charge is 0.364 e. The number of aliphatic hydroxyl groups is 1. The van der Waals surface area contributed by atoms with Gasteiger partial charge < -0.3 is 28.6 Å². The summed E-state index contributed by atoms with van der Waals surface area (Å²) in [5, 5.41) is 14.3. The number of quaternary nitrogens is 1. The first-order valence-electron chi connectivity index (χ1n) is 8.37. The molecule has 1 unspecified atom stereocenters. The molecular weight excluding hydrogens is 374 g/mol. The number of esters is 1. The highest BCUT2D eigenvalue weighted by Gasteiger charge is 2.41. The number of ether oxygens (including phenoxy) is 3. The summed E-state index contributed by atoms with van der Waals surface area (Å²) in [6.07, 6.45) is -0.238. The average Bonchev–Trinajstić information content (AvgIpc) is 3.23. The van der Waals surface area contributed by atoms with Crippen molar-refractivity contribution in [3.8, 4) is 23.0 Å². The van der Waals surface area contributed by atoms with E-state index >= 15 is 0 Å². The monoisotopic (exact) mass is 396 g/mol. The maximum Gasteiger partial charge on any atom is 0.364 e. The van der Waals surface area contributed by atoms with Crippen molar-refractivity contribution in [1.82, 2.24) is 9.78 Å². The molecule has 3 rings (SSSR count). The highest BCUT2D eigenvalue weighted by molar-refractivity contribution is 7.71. The van der Waals surface area contributed by atoms with E-state index in [0.29, 0.717) is 35.9 Å². The van der Waals surface area contributed by atoms with Gasteiger partial charge >= 0.3 is 5.97 Å². The zero-order valence-corrected chi connectivity index (χ0v) is 16.1. The van der Waals surface area contributed by atoms with Crippen molar-refractivity contribution in [2.24, 2.45) is 0 Å². The topological polar surface area (TPSA) is 100 Å². The highest BCUT2D eigenvalue weighted by Crippen LogP contribution is 2.32. The van der Waals surface area contributed by atoms with Gasteiger partial charge in [0.1, 0.15) is 24.1 Å². The van der Waals surface area contributed by atoms with Gasteiger partial charge in [-0.15, -0.1) is 5.10 Å². The first kappa shape index (κ1) is 19.3. The van der Waals surface area contributed by atoms with Crippen molar-refractivity contribution < 1.29 is 33.4 Å². The van der Waals surface area contributed by atoms with E-state index in [1.807, 2.05) is 0 Å². The Labute approximate surface area is 161 Å². The van der Waals surface area contributed by atoms with Crippen molar-refractivity contribution in [3.63, 3.8) is 0 Å². The lowest BCUT2D eigenvalue weighted by Gasteiger charge is -2.18. The van der Waals surface area contributed by atoms with Crippen molar-refractivity contribution in [2.75, 3.05) is 27.9 Å². The lowest BCUT2D eigenvalue weighted by Crippen LogP contribution is -3.14. The van der Waals surface area contributed by atoms with Gasteiger partial charge in [-0.1, -0.05) is 0 Å². The number of carbonyl (C=O) groups excluding carboxylic acids is 1. The Morgan fingerprint density at radius 2 is 2.19 bits per heavy atom. The number of likely N-dealkylation sites (tertiary alicyclic amines) is 1. The molecule has 1 saturated heterocycles. The third-order valence-corrected chi connectivity index (χ3v) is 4.88. The van der Waals surface area contributed by atoms with Gasteiger partial charge in [0.15, 0.2) is 12.7 Å². The average molecular weight is 396 g/mol. The van der Waals surface area contributed by atoms with Crippen LogP contribution in [0.25, 0.3) is 11.5 Å². The van der Waals surface area contributed by atoms with Gasteiger partial charge in [0, 0.05) is 12.5 Å². The van der Waals surface area contributed by atoms with E-state index in [1.54, 1.807) is 32.4 Å². The number of carbonyl (C=O) groups is 1. The van der Waals surface area contributed by atoms with E-state index in [1.165, 1.54) is 11.8 Å². The molecule has 0 amide bonds. The van der Waals surface area contributed by atoms with Gasteiger partial charge in [-0.2, -0.15) is 4.68 Å². The molecule has 0 saturated carbocycles. The second-order valence-electron chi connectivity index (χ2n) is 6.22. The van der Waals surface area contributed by atoms with Gasteiger partial charge in [0.05, 0.1) is 26.9 Å². The van der Waals surface area contributed by atoms with Crippen LogP contribution in [-0.4, -0.2) is 60.9 Å². The van der Waals surface area contributed by atoms with Crippen LogP contribution in [0.15, 0.2) is 22.6 Å². The van der Waals surface area contributed by atoms with E-state index in [0.717, 1.165) is 4.90 Å². The zero-order chi connectivity index (χ0) is 19.6. The maximum absolute atomic E-state index is 12.0. The first-order valence-corrected chi connectivity index (χ1v) is 8.78. The van der Waals surface area contributed by atoms with E-state index in [9.17, 15) is 9.90 Å². The molecule has 0 spiro atoms. The second kappa shape index (κ2) is 8.07. The molecule has 2 N–H and O–H groups in total. The number of aromatic nitrogens is 2. The third kappa shape index (κ3) is 3.97. The fraction of sp³-hybridized carbons (Fsp3) is 0.471. The van der Waals surface area contributed by atoms with Gasteiger partial charge in [0.2, 0.25) is 0 Å². The number of nitrogens with zero attached hydrogens (tertiary/aromatic N) is 2. The number of rotatable bonds is 6. The van der Waals surface area contributed by atoms with Gasteiger partial charge in [-0.25, -0.2) is 4.79 Å². The van der Waals surface area contributed by atoms with E-state index < -0.39 is 12.1 Å². The summed E-state index contributed by atoms with van der Waals surface area (Å²) in [6, 6.07) is 4.79. The van der Waals surface area contributed by atoms with Crippen molar-refractivity contribution in [3.05, 3.63) is 23.0 Å². The molecule has 1 aromatic carbocycles. The predicted octanol–water partition coefficient (Wildman–Crippen LogP) is 0.0384.